The van der Waals surface area contributed by atoms with Gasteiger partial charge in [-0.1, -0.05) is 19.9 Å². The summed E-state index contributed by atoms with van der Waals surface area (Å²) in [4.78, 5) is 0. The minimum Gasteiger partial charge on any atom is -0.145 e. The number of halogens is 2. The van der Waals surface area contributed by atoms with E-state index in [1.54, 1.807) is 0 Å². The monoisotopic (exact) mass is 182 g/mol. The van der Waals surface area contributed by atoms with Crippen LogP contribution in [0.15, 0.2) is 12.7 Å². The fraction of sp³-hybridized carbons (Fsp3) is 0.667. The van der Waals surface area contributed by atoms with E-state index in [9.17, 15) is 0 Å². The molecule has 0 unspecified atom stereocenters. The summed E-state index contributed by atoms with van der Waals surface area (Å²) in [7, 11) is 0. The first-order valence-electron chi connectivity index (χ1n) is 2.82. The highest BCUT2D eigenvalue weighted by atomic mass is 35.7. The van der Waals surface area contributed by atoms with Gasteiger partial charge < -0.3 is 0 Å². The summed E-state index contributed by atoms with van der Waals surface area (Å²) < 4.78 is 0. The van der Waals surface area contributed by atoms with Crippen molar-refractivity contribution in [2.24, 2.45) is 0 Å². The molecule has 0 saturated carbocycles. The first-order valence-corrected chi connectivity index (χ1v) is 7.35. The maximum Gasteiger partial charge on any atom is 0.257 e. The zero-order chi connectivity index (χ0) is 7.71. The molecule has 0 aliphatic rings. The number of allylic oxidation sites excluding steroid dienone is 1. The van der Waals surface area contributed by atoms with E-state index >= 15 is 0 Å². The van der Waals surface area contributed by atoms with Crippen molar-refractivity contribution in [1.29, 1.82) is 0 Å². The molecule has 0 bridgehead atoms. The Kier molecular flexibility index (Phi) is 2.80. The van der Waals surface area contributed by atoms with Crippen LogP contribution in [-0.4, -0.2) is 6.69 Å². The summed E-state index contributed by atoms with van der Waals surface area (Å²) in [6, 6.07) is 0. The summed E-state index contributed by atoms with van der Waals surface area (Å²) in [6.45, 7) is 7.52. The Morgan fingerprint density at radius 1 is 1.44 bits per heavy atom. The zero-order valence-electron chi connectivity index (χ0n) is 6.04. The maximum absolute atomic E-state index is 5.96. The van der Waals surface area contributed by atoms with Gasteiger partial charge in [0.05, 0.1) is 0 Å². The van der Waals surface area contributed by atoms with E-state index in [-0.39, 0.29) is 5.04 Å². The van der Waals surface area contributed by atoms with Crippen molar-refractivity contribution in [1.82, 2.24) is 0 Å². The Balaban J connectivity index is 4.32. The molecule has 0 fully saturated rings. The molecule has 0 rings (SSSR count). The van der Waals surface area contributed by atoms with Crippen molar-refractivity contribution < 1.29 is 0 Å². The van der Waals surface area contributed by atoms with Crippen LogP contribution in [0.5, 0.6) is 0 Å². The predicted octanol–water partition coefficient (Wildman–Crippen LogP) is 3.50. The molecule has 0 amide bonds. The van der Waals surface area contributed by atoms with Gasteiger partial charge in [-0.2, -0.15) is 0 Å². The van der Waals surface area contributed by atoms with Crippen LogP contribution in [0.1, 0.15) is 13.8 Å². The average molecular weight is 183 g/mol. The molecule has 0 N–H and O–H groups in total. The lowest BCUT2D eigenvalue weighted by Crippen LogP contribution is -2.28. The zero-order valence-corrected chi connectivity index (χ0v) is 8.55. The highest BCUT2D eigenvalue weighted by Crippen LogP contribution is 2.42. The van der Waals surface area contributed by atoms with Gasteiger partial charge in [-0.25, -0.2) is 0 Å². The van der Waals surface area contributed by atoms with E-state index in [1.807, 2.05) is 26.5 Å². The molecular weight excluding hydrogens is 171 g/mol. The normalized spacial score (nSPS) is 13.4. The SMILES string of the molecule is C=CC(C)(C)[Si](C)(Cl)Cl. The lowest BCUT2D eigenvalue weighted by atomic mass is 10.2. The van der Waals surface area contributed by atoms with Crippen LogP contribution in [0, 0.1) is 0 Å². The number of rotatable bonds is 2. The van der Waals surface area contributed by atoms with E-state index in [4.69, 9.17) is 22.2 Å². The third-order valence-electron chi connectivity index (χ3n) is 1.64. The van der Waals surface area contributed by atoms with Gasteiger partial charge >= 0.3 is 0 Å². The lowest BCUT2D eigenvalue weighted by Gasteiger charge is -2.28. The molecule has 0 atom stereocenters. The van der Waals surface area contributed by atoms with Gasteiger partial charge in [0.1, 0.15) is 0 Å². The van der Waals surface area contributed by atoms with E-state index in [2.05, 4.69) is 6.58 Å². The first-order chi connectivity index (χ1) is 3.81. The highest BCUT2D eigenvalue weighted by molar-refractivity contribution is 7.46. The summed E-state index contributed by atoms with van der Waals surface area (Å²) in [5.41, 5.74) is 0. The Bertz CT molecular complexity index is 113. The largest absolute Gasteiger partial charge is 0.257 e. The van der Waals surface area contributed by atoms with Crippen molar-refractivity contribution >= 4 is 28.9 Å². The van der Waals surface area contributed by atoms with Crippen LogP contribution in [0.25, 0.3) is 0 Å². The van der Waals surface area contributed by atoms with Gasteiger partial charge in [0.2, 0.25) is 0 Å². The molecule has 0 aromatic carbocycles. The minimum atomic E-state index is -2.06. The van der Waals surface area contributed by atoms with Crippen LogP contribution >= 0.6 is 22.2 Å². The summed E-state index contributed by atoms with van der Waals surface area (Å²) in [5, 5.41) is -0.0872. The first kappa shape index (κ1) is 9.54. The van der Waals surface area contributed by atoms with Crippen molar-refractivity contribution in [2.45, 2.75) is 25.4 Å². The Morgan fingerprint density at radius 2 is 1.78 bits per heavy atom. The van der Waals surface area contributed by atoms with Gasteiger partial charge in [0.25, 0.3) is 6.69 Å². The summed E-state index contributed by atoms with van der Waals surface area (Å²) >= 11 is 11.9. The highest BCUT2D eigenvalue weighted by Gasteiger charge is 2.38. The van der Waals surface area contributed by atoms with Gasteiger partial charge in [-0.05, 0) is 6.55 Å². The Labute approximate surface area is 67.3 Å². The third kappa shape index (κ3) is 2.32. The molecule has 3 heteroatoms. The lowest BCUT2D eigenvalue weighted by molar-refractivity contribution is 0.839. The van der Waals surface area contributed by atoms with Crippen LogP contribution in [0.4, 0.5) is 0 Å². The van der Waals surface area contributed by atoms with E-state index < -0.39 is 6.69 Å². The molecule has 9 heavy (non-hydrogen) atoms. The summed E-state index contributed by atoms with van der Waals surface area (Å²) in [6.07, 6.45) is 1.82. The van der Waals surface area contributed by atoms with Crippen LogP contribution in [-0.2, 0) is 0 Å². The second-order valence-corrected chi connectivity index (χ2v) is 11.0. The molecule has 0 aromatic rings. The smallest absolute Gasteiger partial charge is 0.145 e. The van der Waals surface area contributed by atoms with Crippen molar-refractivity contribution in [3.63, 3.8) is 0 Å². The maximum atomic E-state index is 5.96. The molecule has 0 saturated heterocycles. The van der Waals surface area contributed by atoms with Crippen LogP contribution < -0.4 is 0 Å². The molecule has 0 heterocycles. The second-order valence-electron chi connectivity index (χ2n) is 2.81. The molecule has 0 aliphatic carbocycles. The minimum absolute atomic E-state index is 0.0872. The van der Waals surface area contributed by atoms with Crippen molar-refractivity contribution in [3.05, 3.63) is 12.7 Å². The van der Waals surface area contributed by atoms with Gasteiger partial charge in [-0.15, -0.1) is 28.7 Å². The van der Waals surface area contributed by atoms with Crippen LogP contribution in [0.2, 0.25) is 11.6 Å². The van der Waals surface area contributed by atoms with Crippen LogP contribution in [0.3, 0.4) is 0 Å². The van der Waals surface area contributed by atoms with E-state index in [0.29, 0.717) is 0 Å². The second kappa shape index (κ2) is 2.65. The standard InChI is InChI=1S/C6H12Cl2Si/c1-5-6(2,3)9(4,7)8/h5H,1H2,2-4H3. The van der Waals surface area contributed by atoms with Crippen molar-refractivity contribution in [2.75, 3.05) is 0 Å². The van der Waals surface area contributed by atoms with Gasteiger partial charge in [0, 0.05) is 5.04 Å². The van der Waals surface area contributed by atoms with Crippen molar-refractivity contribution in [3.8, 4) is 0 Å². The van der Waals surface area contributed by atoms with E-state index in [1.165, 1.54) is 0 Å². The molecule has 0 aliphatic heterocycles. The number of hydrogen-bond acceptors (Lipinski definition) is 0. The Hall–Kier alpha value is 0.537. The molecule has 54 valence electrons. The quantitative estimate of drug-likeness (QED) is 0.349. The molecule has 0 radical (unpaired) electrons. The topological polar surface area (TPSA) is 0 Å². The van der Waals surface area contributed by atoms with Gasteiger partial charge in [0.15, 0.2) is 0 Å². The fourth-order valence-corrected chi connectivity index (χ4v) is 1.00. The molecule has 0 spiro atoms. The third-order valence-corrected chi connectivity index (χ3v) is 7.03. The average Bonchev–Trinajstić information content (AvgIpc) is 1.64. The summed E-state index contributed by atoms with van der Waals surface area (Å²) in [5.74, 6) is 0. The molecule has 0 nitrogen and oxygen atoms in total. The molecular formula is C6H12Cl2Si. The van der Waals surface area contributed by atoms with E-state index in [0.717, 1.165) is 0 Å². The number of hydrogen-bond donors (Lipinski definition) is 0. The fourth-order valence-electron chi connectivity index (χ4n) is 0.179. The molecule has 0 aromatic heterocycles. The Morgan fingerprint density at radius 3 is 1.78 bits per heavy atom. The van der Waals surface area contributed by atoms with Gasteiger partial charge in [-0.3, -0.25) is 0 Å². The predicted molar refractivity (Wildman–Crippen MR) is 47.6 cm³/mol.